The number of sulfone groups is 1. The van der Waals surface area contributed by atoms with Gasteiger partial charge in [-0.2, -0.15) is 0 Å². The molecule has 1 saturated heterocycles. The van der Waals surface area contributed by atoms with Gasteiger partial charge in [-0.3, -0.25) is 9.89 Å². The second-order valence-corrected chi connectivity index (χ2v) is 9.10. The van der Waals surface area contributed by atoms with E-state index in [1.54, 1.807) is 31.3 Å². The van der Waals surface area contributed by atoms with Crippen LogP contribution >= 0.6 is 39.9 Å². The Morgan fingerprint density at radius 1 is 1.31 bits per heavy atom. The van der Waals surface area contributed by atoms with Gasteiger partial charge < -0.3 is 10.6 Å². The summed E-state index contributed by atoms with van der Waals surface area (Å²) in [7, 11) is -1.60. The Labute approximate surface area is 182 Å². The van der Waals surface area contributed by atoms with Gasteiger partial charge in [0.05, 0.1) is 10.6 Å². The molecule has 0 amide bonds. The Balaban J connectivity index is 0.00000338. The fourth-order valence-corrected chi connectivity index (χ4v) is 4.46. The second-order valence-electron chi connectivity index (χ2n) is 6.08. The molecular weight excluding hydrogens is 531 g/mol. The van der Waals surface area contributed by atoms with Crippen LogP contribution in [-0.4, -0.2) is 64.3 Å². The highest BCUT2D eigenvalue weighted by Gasteiger charge is 2.22. The van der Waals surface area contributed by atoms with E-state index < -0.39 is 9.84 Å². The van der Waals surface area contributed by atoms with E-state index >= 15 is 0 Å². The third-order valence-corrected chi connectivity index (χ3v) is 6.73. The lowest BCUT2D eigenvalue weighted by Crippen LogP contribution is -2.45. The van der Waals surface area contributed by atoms with Crippen LogP contribution in [0.25, 0.3) is 0 Å². The summed E-state index contributed by atoms with van der Waals surface area (Å²) >= 11 is 3.31. The van der Waals surface area contributed by atoms with Crippen LogP contribution in [0.5, 0.6) is 0 Å². The molecule has 0 aliphatic carbocycles. The molecule has 26 heavy (non-hydrogen) atoms. The summed E-state index contributed by atoms with van der Waals surface area (Å²) in [6.07, 6.45) is 2.42. The summed E-state index contributed by atoms with van der Waals surface area (Å²) < 4.78 is 25.5. The molecule has 1 fully saturated rings. The van der Waals surface area contributed by atoms with Crippen molar-refractivity contribution in [3.05, 3.63) is 28.7 Å². The zero-order valence-electron chi connectivity index (χ0n) is 15.2. The minimum Gasteiger partial charge on any atom is -0.355 e. The maximum Gasteiger partial charge on any atom is 0.191 e. The van der Waals surface area contributed by atoms with Crippen molar-refractivity contribution in [2.45, 2.75) is 30.7 Å². The van der Waals surface area contributed by atoms with Crippen molar-refractivity contribution in [2.24, 2.45) is 4.99 Å². The minimum atomic E-state index is -3.30. The number of hydrogen-bond acceptors (Lipinski definition) is 4. The summed E-state index contributed by atoms with van der Waals surface area (Å²) in [4.78, 5) is 6.97. The Kier molecular flexibility index (Phi) is 10.4. The molecule has 0 spiro atoms. The second kappa shape index (κ2) is 11.5. The molecule has 1 unspecified atom stereocenters. The molecule has 1 aromatic carbocycles. The number of hydrogen-bond donors (Lipinski definition) is 2. The molecule has 0 bridgehead atoms. The van der Waals surface area contributed by atoms with Crippen molar-refractivity contribution in [1.29, 1.82) is 0 Å². The zero-order chi connectivity index (χ0) is 18.3. The van der Waals surface area contributed by atoms with E-state index in [4.69, 9.17) is 0 Å². The van der Waals surface area contributed by atoms with Gasteiger partial charge in [-0.1, -0.05) is 22.9 Å². The molecule has 1 atom stereocenters. The monoisotopic (exact) mass is 558 g/mol. The topological polar surface area (TPSA) is 73.8 Å². The fourth-order valence-electron chi connectivity index (χ4n) is 3.04. The van der Waals surface area contributed by atoms with Crippen molar-refractivity contribution < 1.29 is 8.42 Å². The van der Waals surface area contributed by atoms with Crippen molar-refractivity contribution >= 4 is 55.7 Å². The molecule has 1 aliphatic rings. The predicted octanol–water partition coefficient (Wildman–Crippen LogP) is 2.49. The van der Waals surface area contributed by atoms with Crippen LogP contribution < -0.4 is 10.6 Å². The van der Waals surface area contributed by atoms with Crippen LogP contribution in [-0.2, 0) is 9.84 Å². The van der Waals surface area contributed by atoms with Crippen LogP contribution in [0.3, 0.4) is 0 Å². The summed E-state index contributed by atoms with van der Waals surface area (Å²) in [5, 5.41) is 6.40. The first kappa shape index (κ1) is 23.6. The first-order chi connectivity index (χ1) is 12.0. The van der Waals surface area contributed by atoms with E-state index in [1.807, 2.05) is 0 Å². The van der Waals surface area contributed by atoms with Crippen LogP contribution in [0.4, 0.5) is 0 Å². The Morgan fingerprint density at radius 2 is 2.00 bits per heavy atom. The van der Waals surface area contributed by atoms with Gasteiger partial charge in [0.15, 0.2) is 15.8 Å². The minimum absolute atomic E-state index is 0. The molecule has 148 valence electrons. The fraction of sp³-hybridized carbons (Fsp3) is 0.588. The largest absolute Gasteiger partial charge is 0.355 e. The van der Waals surface area contributed by atoms with E-state index in [0.717, 1.165) is 24.1 Å². The van der Waals surface area contributed by atoms with E-state index in [0.29, 0.717) is 23.4 Å². The Morgan fingerprint density at radius 3 is 2.62 bits per heavy atom. The van der Waals surface area contributed by atoms with Crippen molar-refractivity contribution in [2.75, 3.05) is 39.0 Å². The van der Waals surface area contributed by atoms with Crippen LogP contribution in [0.1, 0.15) is 19.8 Å². The van der Waals surface area contributed by atoms with E-state index in [1.165, 1.54) is 12.8 Å². The summed E-state index contributed by atoms with van der Waals surface area (Å²) in [5.74, 6) is 0.675. The standard InChI is InChI=1S/C17H27BrN4O2S.HI/c1-3-22-11-4-5-15(22)13-21-17(19-2)20-10-12-25(23,24)16-8-6-14(18)7-9-16;/h6-9,15H,3-5,10-13H2,1-2H3,(H2,19,20,21);1H. The predicted molar refractivity (Wildman–Crippen MR) is 121 cm³/mol. The molecule has 0 saturated carbocycles. The van der Waals surface area contributed by atoms with Gasteiger partial charge in [-0.05, 0) is 50.2 Å². The van der Waals surface area contributed by atoms with Crippen LogP contribution in [0, 0.1) is 0 Å². The number of halogens is 2. The maximum atomic E-state index is 12.3. The van der Waals surface area contributed by atoms with E-state index in [-0.39, 0.29) is 29.7 Å². The molecule has 1 aromatic rings. The molecule has 0 aromatic heterocycles. The number of likely N-dealkylation sites (N-methyl/N-ethyl adjacent to an activating group) is 1. The third-order valence-electron chi connectivity index (χ3n) is 4.47. The number of nitrogens with one attached hydrogen (secondary N) is 2. The van der Waals surface area contributed by atoms with Gasteiger partial charge in [-0.15, -0.1) is 24.0 Å². The highest BCUT2D eigenvalue weighted by atomic mass is 127. The molecule has 0 radical (unpaired) electrons. The SMILES string of the molecule is CCN1CCCC1CNC(=NC)NCCS(=O)(=O)c1ccc(Br)cc1.I. The van der Waals surface area contributed by atoms with Gasteiger partial charge in [-0.25, -0.2) is 8.42 Å². The van der Waals surface area contributed by atoms with Crippen LogP contribution in [0.15, 0.2) is 38.6 Å². The number of aliphatic imine (C=N–C) groups is 1. The molecular formula is C17H28BrIN4O2S. The lowest BCUT2D eigenvalue weighted by Gasteiger charge is -2.23. The van der Waals surface area contributed by atoms with E-state index in [9.17, 15) is 8.42 Å². The highest BCUT2D eigenvalue weighted by molar-refractivity contribution is 14.0. The quantitative estimate of drug-likeness (QED) is 0.305. The molecule has 1 heterocycles. The molecule has 2 rings (SSSR count). The first-order valence-corrected chi connectivity index (χ1v) is 11.1. The molecule has 2 N–H and O–H groups in total. The molecule has 1 aliphatic heterocycles. The van der Waals surface area contributed by atoms with Crippen molar-refractivity contribution in [1.82, 2.24) is 15.5 Å². The van der Waals surface area contributed by atoms with Gasteiger partial charge in [0, 0.05) is 30.7 Å². The number of nitrogens with zero attached hydrogens (tertiary/aromatic N) is 2. The van der Waals surface area contributed by atoms with E-state index in [2.05, 4.69) is 43.4 Å². The van der Waals surface area contributed by atoms with Crippen molar-refractivity contribution in [3.63, 3.8) is 0 Å². The van der Waals surface area contributed by atoms with Gasteiger partial charge in [0.1, 0.15) is 0 Å². The zero-order valence-corrected chi connectivity index (χ0v) is 20.0. The Hall–Kier alpha value is -0.390. The lowest BCUT2D eigenvalue weighted by atomic mass is 10.2. The van der Waals surface area contributed by atoms with Crippen molar-refractivity contribution in [3.8, 4) is 0 Å². The molecule has 9 heteroatoms. The summed E-state index contributed by atoms with van der Waals surface area (Å²) in [5.41, 5.74) is 0. The van der Waals surface area contributed by atoms with Gasteiger partial charge in [0.2, 0.25) is 0 Å². The maximum absolute atomic E-state index is 12.3. The average molecular weight is 559 g/mol. The normalized spacial score (nSPS) is 18.4. The smallest absolute Gasteiger partial charge is 0.191 e. The summed E-state index contributed by atoms with van der Waals surface area (Å²) in [6, 6.07) is 7.23. The Bertz CT molecular complexity index is 683. The van der Waals surface area contributed by atoms with Gasteiger partial charge in [0.25, 0.3) is 0 Å². The highest BCUT2D eigenvalue weighted by Crippen LogP contribution is 2.16. The number of likely N-dealkylation sites (tertiary alicyclic amines) is 1. The number of guanidine groups is 1. The first-order valence-electron chi connectivity index (χ1n) is 8.63. The van der Waals surface area contributed by atoms with Crippen LogP contribution in [0.2, 0.25) is 0 Å². The number of rotatable bonds is 7. The number of benzene rings is 1. The summed E-state index contributed by atoms with van der Waals surface area (Å²) in [6.45, 7) is 5.54. The third kappa shape index (κ3) is 6.97. The van der Waals surface area contributed by atoms with Gasteiger partial charge >= 0.3 is 0 Å². The molecule has 6 nitrogen and oxygen atoms in total. The average Bonchev–Trinajstić information content (AvgIpc) is 3.05. The lowest BCUT2D eigenvalue weighted by molar-refractivity contribution is 0.267.